The topological polar surface area (TPSA) is 80.7 Å². The Morgan fingerprint density at radius 1 is 1.64 bits per heavy atom. The number of hydrogen-bond acceptors (Lipinski definition) is 4. The van der Waals surface area contributed by atoms with Crippen LogP contribution in [0.15, 0.2) is 0 Å². The smallest absolute Gasteiger partial charge is 0.302 e. The van der Waals surface area contributed by atoms with Crippen LogP contribution in [0.1, 0.15) is 13.8 Å². The van der Waals surface area contributed by atoms with Gasteiger partial charge in [-0.3, -0.25) is 9.35 Å². The van der Waals surface area contributed by atoms with E-state index in [1.807, 2.05) is 0 Å². The molecule has 0 spiro atoms. The fraction of sp³-hybridized carbons (Fsp3) is 0.600. The number of carbonyl (C=O) groups is 1. The zero-order valence-electron chi connectivity index (χ0n) is 6.14. The Morgan fingerprint density at radius 3 is 2.36 bits per heavy atom. The van der Waals surface area contributed by atoms with E-state index in [4.69, 9.17) is 4.55 Å². The highest BCUT2D eigenvalue weighted by molar-refractivity contribution is 7.87. The minimum Gasteiger partial charge on any atom is -0.461 e. The van der Waals surface area contributed by atoms with Crippen molar-refractivity contribution in [1.29, 1.82) is 0 Å². The zero-order chi connectivity index (χ0) is 9.07. The number of rotatable bonds is 3. The maximum absolute atomic E-state index is 10.2. The minimum absolute atomic E-state index is 0.536. The molecule has 1 unspecified atom stereocenters. The number of ether oxygens (including phenoxy) is 1. The molecular weight excluding hydrogens is 172 g/mol. The molecule has 0 aromatic heterocycles. The highest BCUT2D eigenvalue weighted by Gasteiger charge is 2.14. The van der Waals surface area contributed by atoms with E-state index in [-0.39, 0.29) is 0 Å². The molecule has 5 nitrogen and oxygen atoms in total. The average molecular weight is 181 g/mol. The first-order chi connectivity index (χ1) is 4.81. The largest absolute Gasteiger partial charge is 0.461 e. The fourth-order valence-corrected chi connectivity index (χ4v) is 1.07. The van der Waals surface area contributed by atoms with Crippen LogP contribution in [0.4, 0.5) is 0 Å². The predicted octanol–water partition coefficient (Wildman–Crippen LogP) is -0.0124. The summed E-state index contributed by atoms with van der Waals surface area (Å²) in [6, 6.07) is 0. The van der Waals surface area contributed by atoms with E-state index in [0.717, 1.165) is 6.92 Å². The standard InChI is InChI=1S/C5H9O5S/c1-4(10-5(2)6)3-11(7,8)9/h3-4H,1-2H3,(H,7,8,9). The van der Waals surface area contributed by atoms with E-state index in [2.05, 4.69) is 4.74 Å². The van der Waals surface area contributed by atoms with Crippen molar-refractivity contribution in [3.8, 4) is 0 Å². The van der Waals surface area contributed by atoms with Crippen molar-refractivity contribution >= 4 is 16.1 Å². The van der Waals surface area contributed by atoms with Crippen molar-refractivity contribution < 1.29 is 22.5 Å². The third-order valence-electron chi connectivity index (χ3n) is 0.715. The maximum Gasteiger partial charge on any atom is 0.302 e. The average Bonchev–Trinajstić information content (AvgIpc) is 1.53. The lowest BCUT2D eigenvalue weighted by molar-refractivity contribution is -0.143. The molecule has 1 atom stereocenters. The SMILES string of the molecule is CC(=O)OC(C)[CH]S(=O)(=O)O. The molecule has 0 amide bonds. The molecule has 1 N–H and O–H groups in total. The zero-order valence-corrected chi connectivity index (χ0v) is 6.96. The molecule has 0 bridgehead atoms. The fourth-order valence-electron chi connectivity index (χ4n) is 0.532. The summed E-state index contributed by atoms with van der Waals surface area (Å²) >= 11 is 0. The van der Waals surface area contributed by atoms with E-state index < -0.39 is 22.2 Å². The molecular formula is C5H9O5S. The van der Waals surface area contributed by atoms with Gasteiger partial charge in [0.25, 0.3) is 10.1 Å². The van der Waals surface area contributed by atoms with E-state index in [9.17, 15) is 13.2 Å². The summed E-state index contributed by atoms with van der Waals surface area (Å²) in [5, 5.41) is 0. The Hall–Kier alpha value is -0.620. The maximum atomic E-state index is 10.2. The van der Waals surface area contributed by atoms with Crippen LogP contribution in [0.5, 0.6) is 0 Å². The van der Waals surface area contributed by atoms with Gasteiger partial charge in [0, 0.05) is 6.92 Å². The molecule has 0 aromatic rings. The molecule has 0 fully saturated rings. The van der Waals surface area contributed by atoms with Gasteiger partial charge in [0.2, 0.25) is 0 Å². The molecule has 0 aliphatic heterocycles. The summed E-state index contributed by atoms with van der Waals surface area (Å²) < 4.78 is 32.9. The Balaban J connectivity index is 3.89. The van der Waals surface area contributed by atoms with Crippen molar-refractivity contribution in [1.82, 2.24) is 0 Å². The molecule has 0 saturated heterocycles. The lowest BCUT2D eigenvalue weighted by Gasteiger charge is -2.07. The van der Waals surface area contributed by atoms with Gasteiger partial charge in [0.15, 0.2) is 0 Å². The number of carbonyl (C=O) groups excluding carboxylic acids is 1. The Bertz CT molecular complexity index is 229. The van der Waals surface area contributed by atoms with Gasteiger partial charge in [-0.15, -0.1) is 0 Å². The number of esters is 1. The van der Waals surface area contributed by atoms with Gasteiger partial charge in [0.05, 0.1) is 0 Å². The Kier molecular flexibility index (Phi) is 3.47. The lowest BCUT2D eigenvalue weighted by atomic mass is 10.5. The van der Waals surface area contributed by atoms with Crippen molar-refractivity contribution in [2.24, 2.45) is 0 Å². The van der Waals surface area contributed by atoms with Gasteiger partial charge in [-0.05, 0) is 6.92 Å². The highest BCUT2D eigenvalue weighted by Crippen LogP contribution is 2.01. The quantitative estimate of drug-likeness (QED) is 0.489. The van der Waals surface area contributed by atoms with Gasteiger partial charge < -0.3 is 4.74 Å². The molecule has 6 heteroatoms. The molecule has 0 saturated carbocycles. The third kappa shape index (κ3) is 7.27. The van der Waals surface area contributed by atoms with Crippen LogP contribution in [0.25, 0.3) is 0 Å². The second-order valence-corrected chi connectivity index (χ2v) is 3.27. The minimum atomic E-state index is -4.17. The van der Waals surface area contributed by atoms with Crippen LogP contribution in [-0.2, 0) is 19.6 Å². The van der Waals surface area contributed by atoms with Crippen LogP contribution >= 0.6 is 0 Å². The van der Waals surface area contributed by atoms with E-state index >= 15 is 0 Å². The molecule has 11 heavy (non-hydrogen) atoms. The van der Waals surface area contributed by atoms with Crippen molar-refractivity contribution in [2.75, 3.05) is 0 Å². The van der Waals surface area contributed by atoms with E-state index in [1.54, 1.807) is 0 Å². The molecule has 0 aliphatic rings. The van der Waals surface area contributed by atoms with Crippen molar-refractivity contribution in [3.05, 3.63) is 5.75 Å². The van der Waals surface area contributed by atoms with E-state index in [0.29, 0.717) is 5.75 Å². The van der Waals surface area contributed by atoms with Crippen LogP contribution in [0, 0.1) is 5.75 Å². The third-order valence-corrected chi connectivity index (χ3v) is 1.44. The van der Waals surface area contributed by atoms with Crippen LogP contribution < -0.4 is 0 Å². The van der Waals surface area contributed by atoms with Gasteiger partial charge in [-0.25, -0.2) is 0 Å². The molecule has 0 aromatic carbocycles. The van der Waals surface area contributed by atoms with Gasteiger partial charge in [-0.2, -0.15) is 8.42 Å². The highest BCUT2D eigenvalue weighted by atomic mass is 32.2. The van der Waals surface area contributed by atoms with Gasteiger partial charge >= 0.3 is 5.97 Å². The first kappa shape index (κ1) is 10.4. The number of hydrogen-bond donors (Lipinski definition) is 1. The van der Waals surface area contributed by atoms with Gasteiger partial charge in [0.1, 0.15) is 11.9 Å². The van der Waals surface area contributed by atoms with E-state index in [1.165, 1.54) is 6.92 Å². The van der Waals surface area contributed by atoms with Crippen LogP contribution in [0.3, 0.4) is 0 Å². The summed E-state index contributed by atoms with van der Waals surface area (Å²) in [5.74, 6) is -0.0635. The van der Waals surface area contributed by atoms with Crippen molar-refractivity contribution in [2.45, 2.75) is 20.0 Å². The summed E-state index contributed by atoms with van der Waals surface area (Å²) in [4.78, 5) is 10.2. The second kappa shape index (κ2) is 3.68. The Morgan fingerprint density at radius 2 is 2.09 bits per heavy atom. The molecule has 1 radical (unpaired) electrons. The van der Waals surface area contributed by atoms with Crippen molar-refractivity contribution in [3.63, 3.8) is 0 Å². The molecule has 0 heterocycles. The van der Waals surface area contributed by atoms with Crippen LogP contribution in [-0.4, -0.2) is 25.0 Å². The van der Waals surface area contributed by atoms with Gasteiger partial charge in [-0.1, -0.05) is 0 Å². The summed E-state index contributed by atoms with van der Waals surface area (Å²) in [7, 11) is -4.17. The second-order valence-electron chi connectivity index (χ2n) is 1.97. The van der Waals surface area contributed by atoms with Crippen LogP contribution in [0.2, 0.25) is 0 Å². The molecule has 65 valence electrons. The monoisotopic (exact) mass is 181 g/mol. The normalized spacial score (nSPS) is 14.1. The summed E-state index contributed by atoms with van der Waals surface area (Å²) in [6.07, 6.45) is -0.928. The summed E-state index contributed by atoms with van der Waals surface area (Å²) in [5.41, 5.74) is 0. The lowest BCUT2D eigenvalue weighted by Crippen LogP contribution is -2.17. The first-order valence-corrected chi connectivity index (χ1v) is 4.31. The molecule has 0 aliphatic carbocycles. The summed E-state index contributed by atoms with van der Waals surface area (Å²) in [6.45, 7) is 2.48. The Labute approximate surface area is 65.1 Å². The first-order valence-electron chi connectivity index (χ1n) is 2.81. The molecule has 0 rings (SSSR count). The predicted molar refractivity (Wildman–Crippen MR) is 37.1 cm³/mol.